The molecule has 0 aliphatic carbocycles. The zero-order chi connectivity index (χ0) is 13.5. The predicted molar refractivity (Wildman–Crippen MR) is 75.9 cm³/mol. The van der Waals surface area contributed by atoms with Gasteiger partial charge < -0.3 is 4.84 Å². The summed E-state index contributed by atoms with van der Waals surface area (Å²) in [4.78, 5) is 8.91. The van der Waals surface area contributed by atoms with Gasteiger partial charge in [0.25, 0.3) is 0 Å². The van der Waals surface area contributed by atoms with Gasteiger partial charge in [-0.3, -0.25) is 4.98 Å². The minimum atomic E-state index is 0.776. The first-order valence-corrected chi connectivity index (χ1v) is 5.90. The number of aromatic nitrogens is 1. The minimum absolute atomic E-state index is 0.776. The van der Waals surface area contributed by atoms with Gasteiger partial charge in [-0.05, 0) is 25.1 Å². The quantitative estimate of drug-likeness (QED) is 0.466. The van der Waals surface area contributed by atoms with Gasteiger partial charge in [-0.2, -0.15) is 0 Å². The third kappa shape index (κ3) is 3.68. The van der Waals surface area contributed by atoms with E-state index in [1.54, 1.807) is 12.4 Å². The summed E-state index contributed by atoms with van der Waals surface area (Å²) >= 11 is 0. The molecule has 0 N–H and O–H groups in total. The number of hydrogen-bond donors (Lipinski definition) is 0. The summed E-state index contributed by atoms with van der Waals surface area (Å²) < 4.78 is 0. The molecule has 3 nitrogen and oxygen atoms in total. The van der Waals surface area contributed by atoms with Crippen LogP contribution in [0.2, 0.25) is 0 Å². The standard InChI is InChI=1S/C16H14N2O/c1-13(18-19-2)16-10-15(11-17-12-16)9-8-14-6-4-3-5-7-14/h3-7,10-12H,1-2H3/b18-13+. The molecule has 1 aromatic heterocycles. The molecule has 0 aliphatic heterocycles. The van der Waals surface area contributed by atoms with Crippen molar-refractivity contribution in [2.75, 3.05) is 7.11 Å². The van der Waals surface area contributed by atoms with Crippen molar-refractivity contribution in [3.8, 4) is 11.8 Å². The highest BCUT2D eigenvalue weighted by molar-refractivity contribution is 5.98. The average Bonchev–Trinajstić information content (AvgIpc) is 2.47. The molecule has 0 amide bonds. The van der Waals surface area contributed by atoms with Crippen molar-refractivity contribution in [1.29, 1.82) is 0 Å². The van der Waals surface area contributed by atoms with Crippen molar-refractivity contribution >= 4 is 5.71 Å². The lowest BCUT2D eigenvalue weighted by Gasteiger charge is -1.99. The highest BCUT2D eigenvalue weighted by Gasteiger charge is 1.99. The maximum absolute atomic E-state index is 4.75. The molecule has 0 spiro atoms. The normalized spacial score (nSPS) is 10.5. The second-order valence-electron chi connectivity index (χ2n) is 3.94. The van der Waals surface area contributed by atoms with Gasteiger partial charge in [-0.15, -0.1) is 0 Å². The number of benzene rings is 1. The predicted octanol–water partition coefficient (Wildman–Crippen LogP) is 2.85. The number of rotatable bonds is 2. The van der Waals surface area contributed by atoms with E-state index in [1.165, 1.54) is 7.11 Å². The average molecular weight is 250 g/mol. The van der Waals surface area contributed by atoms with E-state index in [-0.39, 0.29) is 0 Å². The van der Waals surface area contributed by atoms with Gasteiger partial charge in [0.05, 0.1) is 5.71 Å². The van der Waals surface area contributed by atoms with E-state index < -0.39 is 0 Å². The Morgan fingerprint density at radius 1 is 1.11 bits per heavy atom. The summed E-state index contributed by atoms with van der Waals surface area (Å²) in [5.41, 5.74) is 3.52. The lowest BCUT2D eigenvalue weighted by atomic mass is 10.1. The van der Waals surface area contributed by atoms with Crippen LogP contribution in [0.15, 0.2) is 53.9 Å². The molecule has 0 aliphatic rings. The van der Waals surface area contributed by atoms with E-state index in [1.807, 2.05) is 43.3 Å². The fourth-order valence-corrected chi connectivity index (χ4v) is 1.56. The molecule has 0 bridgehead atoms. The van der Waals surface area contributed by atoms with Crippen molar-refractivity contribution < 1.29 is 4.84 Å². The molecule has 19 heavy (non-hydrogen) atoms. The van der Waals surface area contributed by atoms with E-state index in [9.17, 15) is 0 Å². The van der Waals surface area contributed by atoms with Gasteiger partial charge in [0, 0.05) is 29.1 Å². The Kier molecular flexibility index (Phi) is 4.30. The van der Waals surface area contributed by atoms with Crippen LogP contribution in [0.4, 0.5) is 0 Å². The molecule has 94 valence electrons. The molecule has 0 atom stereocenters. The van der Waals surface area contributed by atoms with Crippen LogP contribution in [0.5, 0.6) is 0 Å². The van der Waals surface area contributed by atoms with Gasteiger partial charge in [0.15, 0.2) is 0 Å². The first-order valence-electron chi connectivity index (χ1n) is 5.90. The van der Waals surface area contributed by atoms with E-state index in [0.29, 0.717) is 0 Å². The molecule has 2 rings (SSSR count). The number of hydrogen-bond acceptors (Lipinski definition) is 3. The zero-order valence-corrected chi connectivity index (χ0v) is 10.9. The number of pyridine rings is 1. The summed E-state index contributed by atoms with van der Waals surface area (Å²) in [6.45, 7) is 1.87. The highest BCUT2D eigenvalue weighted by atomic mass is 16.6. The minimum Gasteiger partial charge on any atom is -0.399 e. The molecule has 0 fully saturated rings. The van der Waals surface area contributed by atoms with Gasteiger partial charge in [0.1, 0.15) is 7.11 Å². The maximum atomic E-state index is 4.75. The summed E-state index contributed by atoms with van der Waals surface area (Å²) in [6, 6.07) is 11.8. The lowest BCUT2D eigenvalue weighted by Crippen LogP contribution is -1.97. The monoisotopic (exact) mass is 250 g/mol. The van der Waals surface area contributed by atoms with Crippen LogP contribution >= 0.6 is 0 Å². The number of oxime groups is 1. The topological polar surface area (TPSA) is 34.5 Å². The second-order valence-corrected chi connectivity index (χ2v) is 3.94. The SMILES string of the molecule is CO/N=C(\C)c1cncc(C#Cc2ccccc2)c1. The van der Waals surface area contributed by atoms with E-state index >= 15 is 0 Å². The summed E-state index contributed by atoms with van der Waals surface area (Å²) in [5, 5.41) is 3.88. The van der Waals surface area contributed by atoms with E-state index in [0.717, 1.165) is 22.4 Å². The number of nitrogens with zero attached hydrogens (tertiary/aromatic N) is 2. The van der Waals surface area contributed by atoms with Crippen molar-refractivity contribution in [1.82, 2.24) is 4.98 Å². The molecular weight excluding hydrogens is 236 g/mol. The lowest BCUT2D eigenvalue weighted by molar-refractivity contribution is 0.213. The van der Waals surface area contributed by atoms with Crippen molar-refractivity contribution in [2.24, 2.45) is 5.16 Å². The Balaban J connectivity index is 2.26. The molecule has 0 saturated heterocycles. The van der Waals surface area contributed by atoms with Crippen molar-refractivity contribution in [3.63, 3.8) is 0 Å². The fourth-order valence-electron chi connectivity index (χ4n) is 1.56. The van der Waals surface area contributed by atoms with Gasteiger partial charge in [-0.1, -0.05) is 35.2 Å². The van der Waals surface area contributed by atoms with Crippen LogP contribution in [0, 0.1) is 11.8 Å². The van der Waals surface area contributed by atoms with Crippen LogP contribution in [0.1, 0.15) is 23.6 Å². The Hall–Kier alpha value is -2.60. The van der Waals surface area contributed by atoms with Crippen LogP contribution < -0.4 is 0 Å². The Bertz CT molecular complexity index is 637. The Morgan fingerprint density at radius 2 is 1.84 bits per heavy atom. The van der Waals surface area contributed by atoms with Crippen LogP contribution in [0.3, 0.4) is 0 Å². The molecule has 2 aromatic rings. The van der Waals surface area contributed by atoms with Crippen LogP contribution in [-0.2, 0) is 4.84 Å². The fraction of sp³-hybridized carbons (Fsp3) is 0.125. The summed E-state index contributed by atoms with van der Waals surface area (Å²) in [6.07, 6.45) is 3.48. The first-order chi connectivity index (χ1) is 9.29. The smallest absolute Gasteiger partial charge is 0.106 e. The van der Waals surface area contributed by atoms with Gasteiger partial charge >= 0.3 is 0 Å². The van der Waals surface area contributed by atoms with Crippen molar-refractivity contribution in [3.05, 3.63) is 65.5 Å². The van der Waals surface area contributed by atoms with Crippen molar-refractivity contribution in [2.45, 2.75) is 6.92 Å². The Morgan fingerprint density at radius 3 is 2.58 bits per heavy atom. The summed E-state index contributed by atoms with van der Waals surface area (Å²) in [7, 11) is 1.52. The second kappa shape index (κ2) is 6.36. The van der Waals surface area contributed by atoms with Gasteiger partial charge in [-0.25, -0.2) is 0 Å². The molecular formula is C16H14N2O. The van der Waals surface area contributed by atoms with E-state index in [2.05, 4.69) is 22.0 Å². The molecule has 0 saturated carbocycles. The first kappa shape index (κ1) is 12.8. The summed E-state index contributed by atoms with van der Waals surface area (Å²) in [5.74, 6) is 6.19. The molecule has 3 heteroatoms. The molecule has 0 unspecified atom stereocenters. The molecule has 1 aromatic carbocycles. The zero-order valence-electron chi connectivity index (χ0n) is 10.9. The third-order valence-electron chi connectivity index (χ3n) is 2.51. The van der Waals surface area contributed by atoms with Gasteiger partial charge in [0.2, 0.25) is 0 Å². The molecule has 1 heterocycles. The molecule has 0 radical (unpaired) electrons. The Labute approximate surface area is 112 Å². The van der Waals surface area contributed by atoms with E-state index in [4.69, 9.17) is 4.84 Å². The third-order valence-corrected chi connectivity index (χ3v) is 2.51. The highest BCUT2D eigenvalue weighted by Crippen LogP contribution is 2.04. The largest absolute Gasteiger partial charge is 0.399 e. The van der Waals surface area contributed by atoms with Crippen LogP contribution in [-0.4, -0.2) is 17.8 Å². The van der Waals surface area contributed by atoms with Crippen LogP contribution in [0.25, 0.3) is 0 Å². The maximum Gasteiger partial charge on any atom is 0.106 e.